The molecular formula is C11H16N4O3. The number of carboxylic acid groups (broad SMARTS) is 1. The third-order valence-corrected chi connectivity index (χ3v) is 3.10. The molecule has 1 fully saturated rings. The van der Waals surface area contributed by atoms with Crippen molar-refractivity contribution in [2.75, 3.05) is 13.1 Å². The van der Waals surface area contributed by atoms with Crippen molar-refractivity contribution in [2.45, 2.75) is 19.0 Å². The van der Waals surface area contributed by atoms with Crippen LogP contribution in [-0.2, 0) is 23.2 Å². The molecule has 0 aromatic carbocycles. The van der Waals surface area contributed by atoms with Gasteiger partial charge in [-0.15, -0.1) is 0 Å². The number of amides is 1. The van der Waals surface area contributed by atoms with Gasteiger partial charge in [0.25, 0.3) is 0 Å². The summed E-state index contributed by atoms with van der Waals surface area (Å²) in [6.45, 7) is 1.73. The lowest BCUT2D eigenvalue weighted by molar-refractivity contribution is -0.143. The number of piperazine rings is 1. The van der Waals surface area contributed by atoms with E-state index >= 15 is 0 Å². The first-order valence-corrected chi connectivity index (χ1v) is 5.78. The van der Waals surface area contributed by atoms with Crippen molar-refractivity contribution in [3.63, 3.8) is 0 Å². The molecule has 1 saturated heterocycles. The van der Waals surface area contributed by atoms with Crippen molar-refractivity contribution < 1.29 is 14.7 Å². The van der Waals surface area contributed by atoms with E-state index in [2.05, 4.69) is 10.4 Å². The highest BCUT2D eigenvalue weighted by molar-refractivity contribution is 5.86. The lowest BCUT2D eigenvalue weighted by atomic mass is 10.1. The Morgan fingerprint density at radius 1 is 1.67 bits per heavy atom. The fourth-order valence-electron chi connectivity index (χ4n) is 2.10. The molecule has 0 saturated carbocycles. The zero-order valence-electron chi connectivity index (χ0n) is 10.2. The summed E-state index contributed by atoms with van der Waals surface area (Å²) in [6.07, 6.45) is 1.51. The fourth-order valence-corrected chi connectivity index (χ4v) is 2.10. The molecule has 0 bridgehead atoms. The van der Waals surface area contributed by atoms with E-state index in [4.69, 9.17) is 5.11 Å². The molecule has 1 aliphatic rings. The molecule has 1 aromatic rings. The lowest BCUT2D eigenvalue weighted by Gasteiger charge is -2.34. The average molecular weight is 252 g/mol. The highest BCUT2D eigenvalue weighted by Crippen LogP contribution is 2.13. The fraction of sp³-hybridized carbons (Fsp3) is 0.545. The number of rotatable bonds is 4. The summed E-state index contributed by atoms with van der Waals surface area (Å²) in [6, 6.07) is 1.26. The van der Waals surface area contributed by atoms with Crippen LogP contribution in [0.2, 0.25) is 0 Å². The predicted octanol–water partition coefficient (Wildman–Crippen LogP) is -0.805. The van der Waals surface area contributed by atoms with Gasteiger partial charge < -0.3 is 10.4 Å². The van der Waals surface area contributed by atoms with Gasteiger partial charge >= 0.3 is 5.97 Å². The van der Waals surface area contributed by atoms with Gasteiger partial charge in [0.1, 0.15) is 6.04 Å². The number of aryl methyl sites for hydroxylation is 1. The summed E-state index contributed by atoms with van der Waals surface area (Å²) < 4.78 is 1.73. The average Bonchev–Trinajstić information content (AvgIpc) is 2.69. The van der Waals surface area contributed by atoms with Crippen LogP contribution in [-0.4, -0.2) is 50.8 Å². The Bertz CT molecular complexity index is 457. The number of nitrogens with zero attached hydrogens (tertiary/aromatic N) is 3. The van der Waals surface area contributed by atoms with E-state index in [0.29, 0.717) is 19.6 Å². The largest absolute Gasteiger partial charge is 0.481 e. The highest BCUT2D eigenvalue weighted by Gasteiger charge is 2.31. The molecule has 18 heavy (non-hydrogen) atoms. The monoisotopic (exact) mass is 252 g/mol. The summed E-state index contributed by atoms with van der Waals surface area (Å²) in [7, 11) is 1.82. The summed E-state index contributed by atoms with van der Waals surface area (Å²) in [5.74, 6) is -1.18. The minimum Gasteiger partial charge on any atom is -0.481 e. The molecule has 0 spiro atoms. The van der Waals surface area contributed by atoms with Gasteiger partial charge in [0, 0.05) is 32.9 Å². The van der Waals surface area contributed by atoms with Crippen molar-refractivity contribution in [2.24, 2.45) is 7.05 Å². The molecule has 1 unspecified atom stereocenters. The van der Waals surface area contributed by atoms with Crippen LogP contribution in [0.25, 0.3) is 0 Å². The van der Waals surface area contributed by atoms with Crippen molar-refractivity contribution >= 4 is 11.9 Å². The van der Waals surface area contributed by atoms with E-state index in [9.17, 15) is 9.59 Å². The quantitative estimate of drug-likeness (QED) is 0.732. The van der Waals surface area contributed by atoms with Crippen LogP contribution in [0.4, 0.5) is 0 Å². The molecule has 7 heteroatoms. The number of carbonyl (C=O) groups excluding carboxylic acids is 1. The van der Waals surface area contributed by atoms with Gasteiger partial charge in [0.05, 0.1) is 12.1 Å². The third kappa shape index (κ3) is 2.67. The maximum Gasteiger partial charge on any atom is 0.305 e. The van der Waals surface area contributed by atoms with Gasteiger partial charge in [0.2, 0.25) is 5.91 Å². The molecule has 1 atom stereocenters. The Morgan fingerprint density at radius 2 is 2.44 bits per heavy atom. The Kier molecular flexibility index (Phi) is 3.61. The second kappa shape index (κ2) is 5.18. The second-order valence-corrected chi connectivity index (χ2v) is 4.32. The van der Waals surface area contributed by atoms with Gasteiger partial charge in [-0.05, 0) is 6.07 Å². The summed E-state index contributed by atoms with van der Waals surface area (Å²) in [4.78, 5) is 24.4. The zero-order chi connectivity index (χ0) is 13.1. The van der Waals surface area contributed by atoms with Crippen molar-refractivity contribution in [3.8, 4) is 0 Å². The van der Waals surface area contributed by atoms with E-state index in [1.807, 2.05) is 18.0 Å². The third-order valence-electron chi connectivity index (χ3n) is 3.10. The first-order chi connectivity index (χ1) is 8.58. The Morgan fingerprint density at radius 3 is 3.06 bits per heavy atom. The van der Waals surface area contributed by atoms with Crippen LogP contribution in [0.15, 0.2) is 12.3 Å². The molecule has 0 aliphatic carbocycles. The number of carbonyl (C=O) groups is 2. The first kappa shape index (κ1) is 12.6. The van der Waals surface area contributed by atoms with Crippen LogP contribution >= 0.6 is 0 Å². The molecule has 2 rings (SSSR count). The van der Waals surface area contributed by atoms with Gasteiger partial charge in [-0.3, -0.25) is 19.2 Å². The van der Waals surface area contributed by atoms with Crippen molar-refractivity contribution in [1.82, 2.24) is 20.0 Å². The highest BCUT2D eigenvalue weighted by atomic mass is 16.4. The SMILES string of the molecule is Cn1nccc1CN1CCNC(=O)C1CC(=O)O. The van der Waals surface area contributed by atoms with E-state index < -0.39 is 12.0 Å². The number of aromatic nitrogens is 2. The molecule has 2 heterocycles. The lowest BCUT2D eigenvalue weighted by Crippen LogP contribution is -2.55. The molecule has 7 nitrogen and oxygen atoms in total. The molecule has 2 N–H and O–H groups in total. The smallest absolute Gasteiger partial charge is 0.305 e. The number of aliphatic carboxylic acids is 1. The summed E-state index contributed by atoms with van der Waals surface area (Å²) in [5.41, 5.74) is 0.958. The van der Waals surface area contributed by atoms with E-state index in [-0.39, 0.29) is 12.3 Å². The van der Waals surface area contributed by atoms with E-state index in [0.717, 1.165) is 5.69 Å². The minimum atomic E-state index is -0.966. The second-order valence-electron chi connectivity index (χ2n) is 4.32. The normalized spacial score (nSPS) is 20.7. The number of hydrogen-bond acceptors (Lipinski definition) is 4. The Hall–Kier alpha value is -1.89. The number of nitrogens with one attached hydrogen (secondary N) is 1. The summed E-state index contributed by atoms with van der Waals surface area (Å²) in [5, 5.41) is 15.6. The van der Waals surface area contributed by atoms with Gasteiger partial charge in [-0.25, -0.2) is 0 Å². The molecule has 1 aromatic heterocycles. The van der Waals surface area contributed by atoms with Gasteiger partial charge in [-0.2, -0.15) is 5.10 Å². The standard InChI is InChI=1S/C11H16N4O3/c1-14-8(2-3-13-14)7-15-5-4-12-11(18)9(15)6-10(16)17/h2-3,9H,4-7H2,1H3,(H,12,18)(H,16,17). The van der Waals surface area contributed by atoms with Crippen LogP contribution in [0.3, 0.4) is 0 Å². The molecule has 1 amide bonds. The topological polar surface area (TPSA) is 87.5 Å². The van der Waals surface area contributed by atoms with Crippen LogP contribution in [0.1, 0.15) is 12.1 Å². The summed E-state index contributed by atoms with van der Waals surface area (Å²) >= 11 is 0. The Balaban J connectivity index is 2.10. The van der Waals surface area contributed by atoms with Crippen molar-refractivity contribution in [3.05, 3.63) is 18.0 Å². The maximum absolute atomic E-state index is 11.7. The molecule has 1 aliphatic heterocycles. The predicted molar refractivity (Wildman–Crippen MR) is 62.7 cm³/mol. The molecule has 98 valence electrons. The molecule has 0 radical (unpaired) electrons. The minimum absolute atomic E-state index is 0.177. The van der Waals surface area contributed by atoms with Gasteiger partial charge in [0.15, 0.2) is 0 Å². The maximum atomic E-state index is 11.7. The number of hydrogen-bond donors (Lipinski definition) is 2. The zero-order valence-corrected chi connectivity index (χ0v) is 10.2. The van der Waals surface area contributed by atoms with Crippen LogP contribution in [0, 0.1) is 0 Å². The van der Waals surface area contributed by atoms with Crippen molar-refractivity contribution in [1.29, 1.82) is 0 Å². The van der Waals surface area contributed by atoms with E-state index in [1.165, 1.54) is 0 Å². The molecular weight excluding hydrogens is 236 g/mol. The number of carboxylic acids is 1. The van der Waals surface area contributed by atoms with E-state index in [1.54, 1.807) is 10.9 Å². The first-order valence-electron chi connectivity index (χ1n) is 5.78. The van der Waals surface area contributed by atoms with Gasteiger partial charge in [-0.1, -0.05) is 0 Å². The van der Waals surface area contributed by atoms with Crippen LogP contribution < -0.4 is 5.32 Å². The Labute approximate surface area is 104 Å². The van der Waals surface area contributed by atoms with Crippen LogP contribution in [0.5, 0.6) is 0 Å².